The first kappa shape index (κ1) is 18.5. The third-order valence-electron chi connectivity index (χ3n) is 4.50. The SMILES string of the molecule is COc1cccc([C@H]2OC(=O)N[C@@H]2c2cccc(C#Cc3ccc(F)cc3)n2)c1. The lowest BCUT2D eigenvalue weighted by atomic mass is 9.99. The van der Waals surface area contributed by atoms with Gasteiger partial charge in [-0.1, -0.05) is 24.1 Å². The van der Waals surface area contributed by atoms with E-state index in [0.717, 1.165) is 5.56 Å². The number of pyridine rings is 1. The van der Waals surface area contributed by atoms with Crippen molar-refractivity contribution in [3.63, 3.8) is 0 Å². The Morgan fingerprint density at radius 3 is 2.66 bits per heavy atom. The van der Waals surface area contributed by atoms with Crippen molar-refractivity contribution in [2.24, 2.45) is 0 Å². The van der Waals surface area contributed by atoms with Crippen molar-refractivity contribution >= 4 is 6.09 Å². The van der Waals surface area contributed by atoms with Crippen molar-refractivity contribution in [1.29, 1.82) is 0 Å². The quantitative estimate of drug-likeness (QED) is 0.685. The zero-order valence-electron chi connectivity index (χ0n) is 15.6. The molecule has 5 nitrogen and oxygen atoms in total. The molecule has 1 N–H and O–H groups in total. The molecule has 0 bridgehead atoms. The second-order valence-corrected chi connectivity index (χ2v) is 6.43. The zero-order chi connectivity index (χ0) is 20.2. The van der Waals surface area contributed by atoms with E-state index in [4.69, 9.17) is 9.47 Å². The molecule has 1 aromatic heterocycles. The number of ether oxygens (including phenoxy) is 2. The van der Waals surface area contributed by atoms with Crippen LogP contribution >= 0.6 is 0 Å². The molecule has 3 aromatic rings. The highest BCUT2D eigenvalue weighted by molar-refractivity contribution is 5.71. The van der Waals surface area contributed by atoms with E-state index in [0.29, 0.717) is 22.7 Å². The van der Waals surface area contributed by atoms with Crippen molar-refractivity contribution < 1.29 is 18.7 Å². The summed E-state index contributed by atoms with van der Waals surface area (Å²) < 4.78 is 23.8. The van der Waals surface area contributed by atoms with Crippen molar-refractivity contribution in [3.05, 3.63) is 95.1 Å². The normalized spacial score (nSPS) is 17.7. The molecule has 1 fully saturated rings. The fourth-order valence-electron chi connectivity index (χ4n) is 3.09. The molecule has 2 aromatic carbocycles. The van der Waals surface area contributed by atoms with Crippen LogP contribution in [0, 0.1) is 17.7 Å². The van der Waals surface area contributed by atoms with Gasteiger partial charge in [0.2, 0.25) is 0 Å². The van der Waals surface area contributed by atoms with Gasteiger partial charge in [0.25, 0.3) is 0 Å². The average molecular weight is 388 g/mol. The van der Waals surface area contributed by atoms with Gasteiger partial charge in [-0.15, -0.1) is 0 Å². The summed E-state index contributed by atoms with van der Waals surface area (Å²) in [6.07, 6.45) is -1.04. The van der Waals surface area contributed by atoms with Gasteiger partial charge in [-0.3, -0.25) is 0 Å². The van der Waals surface area contributed by atoms with Crippen LogP contribution in [0.1, 0.15) is 34.7 Å². The number of rotatable bonds is 3. The molecule has 1 aliphatic heterocycles. The molecule has 6 heteroatoms. The maximum absolute atomic E-state index is 13.0. The molecule has 1 saturated heterocycles. The van der Waals surface area contributed by atoms with Crippen LogP contribution < -0.4 is 10.1 Å². The molecule has 144 valence electrons. The minimum Gasteiger partial charge on any atom is -0.497 e. The molecule has 29 heavy (non-hydrogen) atoms. The summed E-state index contributed by atoms with van der Waals surface area (Å²) in [6.45, 7) is 0. The summed E-state index contributed by atoms with van der Waals surface area (Å²) in [5, 5.41) is 2.81. The Hall–Kier alpha value is -3.85. The minimum absolute atomic E-state index is 0.309. The number of halogens is 1. The molecular formula is C23H17FN2O3. The number of cyclic esters (lactones) is 1. The van der Waals surface area contributed by atoms with Gasteiger partial charge < -0.3 is 14.8 Å². The van der Waals surface area contributed by atoms with Gasteiger partial charge in [0.05, 0.1) is 12.8 Å². The van der Waals surface area contributed by atoms with E-state index in [1.807, 2.05) is 36.4 Å². The summed E-state index contributed by atoms with van der Waals surface area (Å²) in [5.74, 6) is 6.30. The van der Waals surface area contributed by atoms with E-state index in [2.05, 4.69) is 22.1 Å². The van der Waals surface area contributed by atoms with Crippen molar-refractivity contribution in [2.75, 3.05) is 7.11 Å². The van der Waals surface area contributed by atoms with E-state index < -0.39 is 18.2 Å². The maximum Gasteiger partial charge on any atom is 0.408 e. The maximum atomic E-state index is 13.0. The summed E-state index contributed by atoms with van der Waals surface area (Å²) in [7, 11) is 1.58. The minimum atomic E-state index is -0.537. The van der Waals surface area contributed by atoms with Gasteiger partial charge in [0.15, 0.2) is 6.10 Å². The first-order valence-electron chi connectivity index (χ1n) is 8.98. The van der Waals surface area contributed by atoms with Crippen LogP contribution in [0.15, 0.2) is 66.7 Å². The number of amides is 1. The molecule has 2 atom stereocenters. The number of alkyl carbamates (subject to hydrolysis) is 1. The van der Waals surface area contributed by atoms with Crippen molar-refractivity contribution in [1.82, 2.24) is 10.3 Å². The highest BCUT2D eigenvalue weighted by Crippen LogP contribution is 2.36. The standard InChI is InChI=1S/C23H17FN2O3/c1-28-19-6-2-4-16(14-19)22-21(26-23(27)29-22)20-7-3-5-18(25-20)13-10-15-8-11-17(24)12-9-15/h2-9,11-12,14,21-22H,1H3,(H,26,27)/t21-,22-/m1/s1. The fourth-order valence-corrected chi connectivity index (χ4v) is 3.09. The van der Waals surface area contributed by atoms with E-state index in [1.54, 1.807) is 25.3 Å². The molecule has 0 spiro atoms. The fraction of sp³-hybridized carbons (Fsp3) is 0.130. The first-order chi connectivity index (χ1) is 14.1. The van der Waals surface area contributed by atoms with Crippen LogP contribution in [-0.4, -0.2) is 18.2 Å². The number of hydrogen-bond acceptors (Lipinski definition) is 4. The number of hydrogen-bond donors (Lipinski definition) is 1. The Kier molecular flexibility index (Phi) is 5.12. The summed E-state index contributed by atoms with van der Waals surface area (Å²) in [4.78, 5) is 16.5. The van der Waals surface area contributed by atoms with Gasteiger partial charge in [0, 0.05) is 5.56 Å². The van der Waals surface area contributed by atoms with Crippen LogP contribution in [0.3, 0.4) is 0 Å². The lowest BCUT2D eigenvalue weighted by molar-refractivity contribution is 0.131. The van der Waals surface area contributed by atoms with Gasteiger partial charge in [-0.25, -0.2) is 14.2 Å². The lowest BCUT2D eigenvalue weighted by Crippen LogP contribution is -2.20. The molecule has 0 aliphatic carbocycles. The predicted molar refractivity (Wildman–Crippen MR) is 105 cm³/mol. The van der Waals surface area contributed by atoms with E-state index in [1.165, 1.54) is 12.1 Å². The second-order valence-electron chi connectivity index (χ2n) is 6.43. The number of nitrogens with zero attached hydrogens (tertiary/aromatic N) is 1. The monoisotopic (exact) mass is 388 g/mol. The van der Waals surface area contributed by atoms with Crippen LogP contribution in [0.4, 0.5) is 9.18 Å². The van der Waals surface area contributed by atoms with E-state index in [9.17, 15) is 9.18 Å². The lowest BCUT2D eigenvalue weighted by Gasteiger charge is -2.17. The molecular weight excluding hydrogens is 371 g/mol. The number of carbonyl (C=O) groups is 1. The molecule has 4 rings (SSSR count). The summed E-state index contributed by atoms with van der Waals surface area (Å²) >= 11 is 0. The number of aromatic nitrogens is 1. The van der Waals surface area contributed by atoms with Gasteiger partial charge in [0.1, 0.15) is 23.3 Å². The number of methoxy groups -OCH3 is 1. The zero-order valence-corrected chi connectivity index (χ0v) is 15.6. The molecule has 1 amide bonds. The second kappa shape index (κ2) is 8.03. The molecule has 1 aliphatic rings. The van der Waals surface area contributed by atoms with Gasteiger partial charge in [-0.05, 0) is 60.0 Å². The Labute approximate surface area is 167 Å². The van der Waals surface area contributed by atoms with E-state index in [-0.39, 0.29) is 5.82 Å². The van der Waals surface area contributed by atoms with Gasteiger partial charge in [-0.2, -0.15) is 0 Å². The molecule has 0 radical (unpaired) electrons. The Morgan fingerprint density at radius 1 is 1.07 bits per heavy atom. The molecule has 0 saturated carbocycles. The number of carbonyl (C=O) groups excluding carboxylic acids is 1. The molecule has 0 unspecified atom stereocenters. The predicted octanol–water partition coefficient (Wildman–Crippen LogP) is 4.15. The third-order valence-corrected chi connectivity index (χ3v) is 4.50. The topological polar surface area (TPSA) is 60.5 Å². The van der Waals surface area contributed by atoms with Crippen LogP contribution in [0.25, 0.3) is 0 Å². The molecule has 2 heterocycles. The van der Waals surface area contributed by atoms with E-state index >= 15 is 0 Å². The highest BCUT2D eigenvalue weighted by Gasteiger charge is 2.37. The Morgan fingerprint density at radius 2 is 1.86 bits per heavy atom. The number of benzene rings is 2. The third kappa shape index (κ3) is 4.19. The Balaban J connectivity index is 1.62. The van der Waals surface area contributed by atoms with Crippen LogP contribution in [0.5, 0.6) is 5.75 Å². The largest absolute Gasteiger partial charge is 0.497 e. The average Bonchev–Trinajstić information content (AvgIpc) is 3.15. The first-order valence-corrected chi connectivity index (χ1v) is 8.98. The summed E-state index contributed by atoms with van der Waals surface area (Å²) in [5.41, 5.74) is 2.66. The smallest absolute Gasteiger partial charge is 0.408 e. The van der Waals surface area contributed by atoms with Crippen molar-refractivity contribution in [3.8, 4) is 17.6 Å². The summed E-state index contributed by atoms with van der Waals surface area (Å²) in [6, 6.07) is 18.3. The Bertz CT molecular complexity index is 1100. The van der Waals surface area contributed by atoms with Crippen molar-refractivity contribution in [2.45, 2.75) is 12.1 Å². The van der Waals surface area contributed by atoms with Crippen LogP contribution in [-0.2, 0) is 4.74 Å². The van der Waals surface area contributed by atoms with Gasteiger partial charge >= 0.3 is 6.09 Å². The highest BCUT2D eigenvalue weighted by atomic mass is 19.1. The van der Waals surface area contributed by atoms with Crippen LogP contribution in [0.2, 0.25) is 0 Å². The number of nitrogens with one attached hydrogen (secondary N) is 1.